The molecule has 1 N–H and O–H groups in total. The van der Waals surface area contributed by atoms with Crippen LogP contribution in [0.3, 0.4) is 0 Å². The van der Waals surface area contributed by atoms with E-state index in [2.05, 4.69) is 72.6 Å². The minimum atomic E-state index is 0.486. The number of benzene rings is 2. The maximum Gasteiger partial charge on any atom is 0.0570 e. The standard InChI is InChI=1S/C22H30N2/c1-4-24(20-10-7-8-18(16-20)14-15-23-3)22-17(2)12-13-19-9-5-6-11-21(19)22/h5-11,16-17,22-23H,4,12-15H2,1-3H3. The molecule has 1 aliphatic carbocycles. The number of hydrogen-bond donors (Lipinski definition) is 1. The van der Waals surface area contributed by atoms with Gasteiger partial charge in [0.05, 0.1) is 6.04 Å². The summed E-state index contributed by atoms with van der Waals surface area (Å²) >= 11 is 0. The molecule has 0 heterocycles. The largest absolute Gasteiger partial charge is 0.364 e. The van der Waals surface area contributed by atoms with Crippen LogP contribution in [-0.4, -0.2) is 20.1 Å². The highest BCUT2D eigenvalue weighted by Gasteiger charge is 2.30. The normalized spacial score (nSPS) is 19.8. The molecule has 2 aromatic carbocycles. The van der Waals surface area contributed by atoms with E-state index in [9.17, 15) is 0 Å². The summed E-state index contributed by atoms with van der Waals surface area (Å²) in [5.74, 6) is 0.681. The van der Waals surface area contributed by atoms with Crippen molar-refractivity contribution >= 4 is 5.69 Å². The molecule has 0 amide bonds. The van der Waals surface area contributed by atoms with Crippen molar-refractivity contribution in [2.45, 2.75) is 39.2 Å². The van der Waals surface area contributed by atoms with Crippen LogP contribution in [0.1, 0.15) is 43.0 Å². The highest BCUT2D eigenvalue weighted by molar-refractivity contribution is 5.52. The average molecular weight is 322 g/mol. The third kappa shape index (κ3) is 3.49. The van der Waals surface area contributed by atoms with Gasteiger partial charge in [-0.25, -0.2) is 0 Å². The van der Waals surface area contributed by atoms with E-state index < -0.39 is 0 Å². The van der Waals surface area contributed by atoms with Crippen LogP contribution in [0.2, 0.25) is 0 Å². The Kier molecular flexibility index (Phi) is 5.57. The van der Waals surface area contributed by atoms with E-state index in [0.29, 0.717) is 12.0 Å². The van der Waals surface area contributed by atoms with Crippen molar-refractivity contribution in [3.63, 3.8) is 0 Å². The fourth-order valence-electron chi connectivity index (χ4n) is 4.07. The van der Waals surface area contributed by atoms with Gasteiger partial charge in [0, 0.05) is 12.2 Å². The van der Waals surface area contributed by atoms with E-state index >= 15 is 0 Å². The van der Waals surface area contributed by atoms with Gasteiger partial charge in [0.1, 0.15) is 0 Å². The van der Waals surface area contributed by atoms with Crippen molar-refractivity contribution in [2.24, 2.45) is 5.92 Å². The summed E-state index contributed by atoms with van der Waals surface area (Å²) in [6.07, 6.45) is 3.57. The molecule has 2 unspecified atom stereocenters. The Labute approximate surface area is 146 Å². The summed E-state index contributed by atoms with van der Waals surface area (Å²) in [5.41, 5.74) is 5.83. The van der Waals surface area contributed by atoms with Crippen LogP contribution in [-0.2, 0) is 12.8 Å². The molecule has 2 heteroatoms. The van der Waals surface area contributed by atoms with Gasteiger partial charge in [-0.1, -0.05) is 43.3 Å². The van der Waals surface area contributed by atoms with Crippen LogP contribution in [0.25, 0.3) is 0 Å². The lowest BCUT2D eigenvalue weighted by Crippen LogP contribution is -2.35. The molecule has 2 aromatic rings. The first-order chi connectivity index (χ1) is 11.7. The van der Waals surface area contributed by atoms with Gasteiger partial charge < -0.3 is 10.2 Å². The molecule has 0 radical (unpaired) electrons. The summed E-state index contributed by atoms with van der Waals surface area (Å²) < 4.78 is 0. The van der Waals surface area contributed by atoms with Crippen LogP contribution in [0.15, 0.2) is 48.5 Å². The van der Waals surface area contributed by atoms with Gasteiger partial charge in [-0.15, -0.1) is 0 Å². The summed E-state index contributed by atoms with van der Waals surface area (Å²) in [5, 5.41) is 3.25. The number of aryl methyl sites for hydroxylation is 1. The monoisotopic (exact) mass is 322 g/mol. The molecule has 0 saturated heterocycles. The van der Waals surface area contributed by atoms with Crippen LogP contribution in [0, 0.1) is 5.92 Å². The van der Waals surface area contributed by atoms with E-state index in [4.69, 9.17) is 0 Å². The average Bonchev–Trinajstić information content (AvgIpc) is 2.63. The van der Waals surface area contributed by atoms with Crippen LogP contribution >= 0.6 is 0 Å². The first-order valence-electron chi connectivity index (χ1n) is 9.32. The molecular formula is C22H30N2. The third-order valence-electron chi connectivity index (χ3n) is 5.36. The van der Waals surface area contributed by atoms with Crippen LogP contribution in [0.4, 0.5) is 5.69 Å². The zero-order chi connectivity index (χ0) is 16.9. The molecule has 128 valence electrons. The first kappa shape index (κ1) is 17.0. The maximum atomic E-state index is 3.25. The molecule has 2 nitrogen and oxygen atoms in total. The minimum Gasteiger partial charge on any atom is -0.364 e. The molecule has 0 aromatic heterocycles. The van der Waals surface area contributed by atoms with Gasteiger partial charge >= 0.3 is 0 Å². The molecule has 2 atom stereocenters. The Morgan fingerprint density at radius 2 is 1.96 bits per heavy atom. The second-order valence-electron chi connectivity index (χ2n) is 6.97. The third-order valence-corrected chi connectivity index (χ3v) is 5.36. The van der Waals surface area contributed by atoms with Crippen molar-refractivity contribution in [1.29, 1.82) is 0 Å². The maximum absolute atomic E-state index is 3.25. The van der Waals surface area contributed by atoms with Crippen molar-refractivity contribution in [1.82, 2.24) is 5.32 Å². The van der Waals surface area contributed by atoms with Gasteiger partial charge in [-0.3, -0.25) is 0 Å². The van der Waals surface area contributed by atoms with Gasteiger partial charge in [0.2, 0.25) is 0 Å². The molecule has 0 aliphatic heterocycles. The first-order valence-corrected chi connectivity index (χ1v) is 9.32. The molecule has 1 aliphatic rings. The number of rotatable bonds is 6. The van der Waals surface area contributed by atoms with E-state index in [1.807, 2.05) is 7.05 Å². The lowest BCUT2D eigenvalue weighted by Gasteiger charge is -2.41. The number of anilines is 1. The van der Waals surface area contributed by atoms with Crippen molar-refractivity contribution < 1.29 is 0 Å². The van der Waals surface area contributed by atoms with Gasteiger partial charge in [0.25, 0.3) is 0 Å². The predicted molar refractivity (Wildman–Crippen MR) is 104 cm³/mol. The van der Waals surface area contributed by atoms with E-state index in [0.717, 1.165) is 19.5 Å². The molecule has 0 spiro atoms. The Morgan fingerprint density at radius 3 is 2.75 bits per heavy atom. The number of likely N-dealkylation sites (N-methyl/N-ethyl adjacent to an activating group) is 1. The minimum absolute atomic E-state index is 0.486. The SMILES string of the molecule is CCN(c1cccc(CCNC)c1)C1c2ccccc2CCC1C. The predicted octanol–water partition coefficient (Wildman–Crippen LogP) is 4.60. The quantitative estimate of drug-likeness (QED) is 0.836. The zero-order valence-corrected chi connectivity index (χ0v) is 15.3. The van der Waals surface area contributed by atoms with E-state index in [1.165, 1.54) is 35.2 Å². The Morgan fingerprint density at radius 1 is 1.12 bits per heavy atom. The second-order valence-corrected chi connectivity index (χ2v) is 6.97. The molecule has 3 rings (SSSR count). The van der Waals surface area contributed by atoms with Gasteiger partial charge in [0.15, 0.2) is 0 Å². The van der Waals surface area contributed by atoms with E-state index in [-0.39, 0.29) is 0 Å². The number of fused-ring (bicyclic) bond motifs is 1. The topological polar surface area (TPSA) is 15.3 Å². The van der Waals surface area contributed by atoms with E-state index in [1.54, 1.807) is 0 Å². The smallest absolute Gasteiger partial charge is 0.0570 e. The van der Waals surface area contributed by atoms with Crippen molar-refractivity contribution in [2.75, 3.05) is 25.0 Å². The Bertz CT molecular complexity index is 665. The zero-order valence-electron chi connectivity index (χ0n) is 15.3. The Hall–Kier alpha value is -1.80. The second kappa shape index (κ2) is 7.85. The van der Waals surface area contributed by atoms with Crippen molar-refractivity contribution in [3.8, 4) is 0 Å². The molecule has 24 heavy (non-hydrogen) atoms. The summed E-state index contributed by atoms with van der Waals surface area (Å²) in [6.45, 7) is 6.76. The summed E-state index contributed by atoms with van der Waals surface area (Å²) in [7, 11) is 2.02. The van der Waals surface area contributed by atoms with Crippen LogP contribution in [0.5, 0.6) is 0 Å². The number of nitrogens with zero attached hydrogens (tertiary/aromatic N) is 1. The fraction of sp³-hybridized carbons (Fsp3) is 0.455. The summed E-state index contributed by atoms with van der Waals surface area (Å²) in [6, 6.07) is 18.6. The molecule has 0 saturated carbocycles. The number of nitrogens with one attached hydrogen (secondary N) is 1. The molecule has 0 fully saturated rings. The highest BCUT2D eigenvalue weighted by Crippen LogP contribution is 2.40. The molecule has 0 bridgehead atoms. The molecular weight excluding hydrogens is 292 g/mol. The van der Waals surface area contributed by atoms with Gasteiger partial charge in [-0.05, 0) is 74.5 Å². The Balaban J connectivity index is 1.94. The van der Waals surface area contributed by atoms with Crippen molar-refractivity contribution in [3.05, 3.63) is 65.2 Å². The lowest BCUT2D eigenvalue weighted by atomic mass is 9.79. The van der Waals surface area contributed by atoms with Crippen LogP contribution < -0.4 is 10.2 Å². The van der Waals surface area contributed by atoms with Gasteiger partial charge in [-0.2, -0.15) is 0 Å². The number of hydrogen-bond acceptors (Lipinski definition) is 2. The lowest BCUT2D eigenvalue weighted by molar-refractivity contribution is 0.389. The summed E-state index contributed by atoms with van der Waals surface area (Å²) in [4.78, 5) is 2.60. The highest BCUT2D eigenvalue weighted by atomic mass is 15.2. The fourth-order valence-corrected chi connectivity index (χ4v) is 4.07.